The van der Waals surface area contributed by atoms with E-state index in [-0.39, 0.29) is 39.4 Å². The van der Waals surface area contributed by atoms with Crippen molar-refractivity contribution >= 4 is 11.0 Å². The van der Waals surface area contributed by atoms with Gasteiger partial charge in [0.15, 0.2) is 16.9 Å². The van der Waals surface area contributed by atoms with E-state index in [9.17, 15) is 15.0 Å². The maximum atomic E-state index is 12.5. The third kappa shape index (κ3) is 2.44. The lowest BCUT2D eigenvalue weighted by atomic mass is 10.1. The largest absolute Gasteiger partial charge is 0.508 e. The average Bonchev–Trinajstić information content (AvgIpc) is 2.53. The van der Waals surface area contributed by atoms with E-state index < -0.39 is 0 Å². The summed E-state index contributed by atoms with van der Waals surface area (Å²) in [5.41, 5.74) is 0.469. The molecule has 0 amide bonds. The zero-order valence-corrected chi connectivity index (χ0v) is 12.5. The van der Waals surface area contributed by atoms with E-state index in [2.05, 4.69) is 0 Å². The van der Waals surface area contributed by atoms with Crippen molar-refractivity contribution in [2.45, 2.75) is 0 Å². The summed E-state index contributed by atoms with van der Waals surface area (Å²) >= 11 is 0. The van der Waals surface area contributed by atoms with E-state index in [0.717, 1.165) is 0 Å². The average molecular weight is 314 g/mol. The fraction of sp³-hybridized carbons (Fsp3) is 0.118. The minimum atomic E-state index is -0.329. The summed E-state index contributed by atoms with van der Waals surface area (Å²) in [5.74, 6) is 0.427. The van der Waals surface area contributed by atoms with E-state index in [1.165, 1.54) is 38.5 Å². The van der Waals surface area contributed by atoms with E-state index in [1.54, 1.807) is 12.1 Å². The number of hydrogen-bond donors (Lipinski definition) is 2. The second-order valence-electron chi connectivity index (χ2n) is 4.86. The summed E-state index contributed by atoms with van der Waals surface area (Å²) in [6.07, 6.45) is 0. The van der Waals surface area contributed by atoms with Crippen LogP contribution in [0.1, 0.15) is 0 Å². The van der Waals surface area contributed by atoms with Gasteiger partial charge in [0.05, 0.1) is 14.2 Å². The number of fused-ring (bicyclic) bond motifs is 1. The van der Waals surface area contributed by atoms with Crippen molar-refractivity contribution in [2.75, 3.05) is 14.2 Å². The van der Waals surface area contributed by atoms with Crippen LogP contribution in [0.3, 0.4) is 0 Å². The Bertz CT molecular complexity index is 924. The summed E-state index contributed by atoms with van der Waals surface area (Å²) in [6.45, 7) is 0. The summed E-state index contributed by atoms with van der Waals surface area (Å²) in [7, 11) is 2.75. The van der Waals surface area contributed by atoms with Crippen LogP contribution in [-0.4, -0.2) is 24.4 Å². The highest BCUT2D eigenvalue weighted by molar-refractivity contribution is 5.89. The molecule has 0 unspecified atom stereocenters. The van der Waals surface area contributed by atoms with Crippen molar-refractivity contribution in [2.24, 2.45) is 0 Å². The fourth-order valence-corrected chi connectivity index (χ4v) is 2.42. The highest BCUT2D eigenvalue weighted by Crippen LogP contribution is 2.42. The Morgan fingerprint density at radius 1 is 0.957 bits per heavy atom. The second kappa shape index (κ2) is 5.57. The van der Waals surface area contributed by atoms with Gasteiger partial charge < -0.3 is 24.1 Å². The van der Waals surface area contributed by atoms with Crippen molar-refractivity contribution in [3.05, 3.63) is 46.6 Å². The van der Waals surface area contributed by atoms with Gasteiger partial charge in [-0.2, -0.15) is 0 Å². The van der Waals surface area contributed by atoms with Crippen molar-refractivity contribution in [3.8, 4) is 34.3 Å². The molecule has 0 saturated heterocycles. The third-order valence-corrected chi connectivity index (χ3v) is 3.47. The molecule has 3 rings (SSSR count). The van der Waals surface area contributed by atoms with Crippen LogP contribution < -0.4 is 14.9 Å². The van der Waals surface area contributed by atoms with Gasteiger partial charge in [-0.25, -0.2) is 0 Å². The highest BCUT2D eigenvalue weighted by atomic mass is 16.5. The first kappa shape index (κ1) is 14.8. The van der Waals surface area contributed by atoms with E-state index in [1.807, 2.05) is 0 Å². The first-order chi connectivity index (χ1) is 11.0. The molecule has 0 aliphatic carbocycles. The Kier molecular flexibility index (Phi) is 3.57. The van der Waals surface area contributed by atoms with Crippen LogP contribution in [0.15, 0.2) is 45.6 Å². The molecular formula is C17H14O6. The summed E-state index contributed by atoms with van der Waals surface area (Å²) in [6, 6.07) is 8.87. The third-order valence-electron chi connectivity index (χ3n) is 3.47. The van der Waals surface area contributed by atoms with Crippen LogP contribution in [0.25, 0.3) is 22.3 Å². The van der Waals surface area contributed by atoms with E-state index >= 15 is 0 Å². The highest BCUT2D eigenvalue weighted by Gasteiger charge is 2.19. The Balaban J connectivity index is 2.31. The van der Waals surface area contributed by atoms with Crippen LogP contribution >= 0.6 is 0 Å². The first-order valence-corrected chi connectivity index (χ1v) is 6.76. The predicted octanol–water partition coefficient (Wildman–Crippen LogP) is 2.89. The molecule has 1 aromatic heterocycles. The molecule has 1 heterocycles. The van der Waals surface area contributed by atoms with Crippen molar-refractivity contribution < 1.29 is 24.1 Å². The molecule has 6 heteroatoms. The zero-order chi connectivity index (χ0) is 16.6. The molecule has 2 N–H and O–H groups in total. The maximum Gasteiger partial charge on any atom is 0.204 e. The Hall–Kier alpha value is -3.15. The number of rotatable bonds is 3. The molecule has 0 spiro atoms. The molecule has 3 aromatic rings. The number of methoxy groups -OCH3 is 2. The molecule has 23 heavy (non-hydrogen) atoms. The number of phenols is 2. The van der Waals surface area contributed by atoms with Gasteiger partial charge in [0, 0.05) is 17.7 Å². The summed E-state index contributed by atoms with van der Waals surface area (Å²) in [5, 5.41) is 19.5. The molecule has 0 radical (unpaired) electrons. The quantitative estimate of drug-likeness (QED) is 0.772. The summed E-state index contributed by atoms with van der Waals surface area (Å²) in [4.78, 5) is 12.5. The second-order valence-corrected chi connectivity index (χ2v) is 4.86. The van der Waals surface area contributed by atoms with Crippen LogP contribution in [0.2, 0.25) is 0 Å². The van der Waals surface area contributed by atoms with Crippen LogP contribution in [-0.2, 0) is 0 Å². The first-order valence-electron chi connectivity index (χ1n) is 6.76. The number of hydrogen-bond acceptors (Lipinski definition) is 6. The van der Waals surface area contributed by atoms with Gasteiger partial charge in [0.2, 0.25) is 5.75 Å². The number of aromatic hydroxyl groups is 2. The lowest BCUT2D eigenvalue weighted by Crippen LogP contribution is -2.04. The molecule has 0 saturated carbocycles. The van der Waals surface area contributed by atoms with Crippen molar-refractivity contribution in [1.82, 2.24) is 0 Å². The Morgan fingerprint density at radius 3 is 2.22 bits per heavy atom. The minimum absolute atomic E-state index is 0.0738. The van der Waals surface area contributed by atoms with Crippen molar-refractivity contribution in [1.29, 1.82) is 0 Å². The predicted molar refractivity (Wildman–Crippen MR) is 84.4 cm³/mol. The van der Waals surface area contributed by atoms with Crippen molar-refractivity contribution in [3.63, 3.8) is 0 Å². The number of ether oxygens (including phenoxy) is 2. The van der Waals surface area contributed by atoms with Crippen LogP contribution in [0.5, 0.6) is 23.0 Å². The lowest BCUT2D eigenvalue weighted by Gasteiger charge is -2.12. The molecule has 118 valence electrons. The lowest BCUT2D eigenvalue weighted by molar-refractivity contribution is 0.335. The topological polar surface area (TPSA) is 89.1 Å². The van der Waals surface area contributed by atoms with Crippen LogP contribution in [0, 0.1) is 0 Å². The Labute approximate surface area is 131 Å². The number of phenolic OH excluding ortho intramolecular Hbond substituents is 2. The monoisotopic (exact) mass is 314 g/mol. The van der Waals surface area contributed by atoms with Gasteiger partial charge >= 0.3 is 0 Å². The fourth-order valence-electron chi connectivity index (χ4n) is 2.42. The van der Waals surface area contributed by atoms with E-state index in [4.69, 9.17) is 13.9 Å². The van der Waals surface area contributed by atoms with Gasteiger partial charge in [0.1, 0.15) is 22.5 Å². The normalized spacial score (nSPS) is 10.7. The molecule has 0 bridgehead atoms. The molecule has 2 aromatic carbocycles. The molecule has 0 fully saturated rings. The summed E-state index contributed by atoms with van der Waals surface area (Å²) < 4.78 is 16.0. The molecule has 0 aliphatic rings. The van der Waals surface area contributed by atoms with Crippen LogP contribution in [0.4, 0.5) is 0 Å². The molecule has 6 nitrogen and oxygen atoms in total. The van der Waals surface area contributed by atoms with Gasteiger partial charge in [-0.15, -0.1) is 0 Å². The van der Waals surface area contributed by atoms with Gasteiger partial charge in [-0.3, -0.25) is 4.79 Å². The molecular weight excluding hydrogens is 300 g/mol. The zero-order valence-electron chi connectivity index (χ0n) is 12.5. The van der Waals surface area contributed by atoms with Gasteiger partial charge in [-0.1, -0.05) is 0 Å². The molecule has 0 aliphatic heterocycles. The molecule has 0 atom stereocenters. The van der Waals surface area contributed by atoms with E-state index in [0.29, 0.717) is 11.3 Å². The smallest absolute Gasteiger partial charge is 0.204 e. The van der Waals surface area contributed by atoms with Gasteiger partial charge in [-0.05, 0) is 24.3 Å². The van der Waals surface area contributed by atoms with Gasteiger partial charge in [0.25, 0.3) is 0 Å². The Morgan fingerprint density at radius 2 is 1.61 bits per heavy atom. The SMILES string of the molecule is COc1c(O)cc2oc(-c3ccc(O)cc3)cc(=O)c2c1OC. The number of benzene rings is 2. The minimum Gasteiger partial charge on any atom is -0.508 e. The standard InChI is InChI=1S/C17H14O6/c1-21-16-12(20)8-14-15(17(16)22-2)11(19)7-13(23-14)9-3-5-10(18)6-4-9/h3-8,18,20H,1-2H3. The maximum absolute atomic E-state index is 12.5.